The van der Waals surface area contributed by atoms with Crippen LogP contribution in [0.25, 0.3) is 0 Å². The minimum atomic E-state index is -0.0241. The summed E-state index contributed by atoms with van der Waals surface area (Å²) in [5.41, 5.74) is 1.25. The predicted octanol–water partition coefficient (Wildman–Crippen LogP) is 2.76. The van der Waals surface area contributed by atoms with Crippen LogP contribution in [0.15, 0.2) is 36.9 Å². The molecule has 0 aliphatic carbocycles. The molecule has 0 radical (unpaired) electrons. The topological polar surface area (TPSA) is 29.5 Å². The first kappa shape index (κ1) is 13.7. The molecule has 1 aromatic rings. The summed E-state index contributed by atoms with van der Waals surface area (Å²) in [6.45, 7) is 11.3. The van der Waals surface area contributed by atoms with Crippen molar-refractivity contribution in [1.29, 1.82) is 0 Å². The van der Waals surface area contributed by atoms with Crippen molar-refractivity contribution < 1.29 is 9.53 Å². The first-order chi connectivity index (χ1) is 8.91. The van der Waals surface area contributed by atoms with Gasteiger partial charge in [-0.1, -0.05) is 45.5 Å². The Bertz CT molecular complexity index is 482. The average molecular weight is 259 g/mol. The zero-order valence-corrected chi connectivity index (χ0v) is 11.8. The highest BCUT2D eigenvalue weighted by atomic mass is 16.5. The van der Waals surface area contributed by atoms with Crippen LogP contribution >= 0.6 is 0 Å². The Morgan fingerprint density at radius 1 is 1.37 bits per heavy atom. The molecule has 0 saturated carbocycles. The highest BCUT2D eigenvalue weighted by molar-refractivity contribution is 5.87. The van der Waals surface area contributed by atoms with Gasteiger partial charge in [-0.25, -0.2) is 0 Å². The number of likely N-dealkylation sites (tertiary alicyclic amines) is 1. The van der Waals surface area contributed by atoms with Crippen LogP contribution in [0.1, 0.15) is 26.3 Å². The number of benzene rings is 1. The average Bonchev–Trinajstić information content (AvgIpc) is 2.31. The summed E-state index contributed by atoms with van der Waals surface area (Å²) < 4.78 is 6.00. The number of hydrogen-bond donors (Lipinski definition) is 0. The Balaban J connectivity index is 2.02. The van der Waals surface area contributed by atoms with E-state index in [9.17, 15) is 4.79 Å². The smallest absolute Gasteiger partial charge is 0.246 e. The van der Waals surface area contributed by atoms with E-state index in [1.165, 1.54) is 11.6 Å². The summed E-state index contributed by atoms with van der Waals surface area (Å²) in [5, 5.41) is 0. The molecule has 102 valence electrons. The number of nitrogens with zero attached hydrogens (tertiary/aromatic N) is 1. The van der Waals surface area contributed by atoms with Crippen LogP contribution in [0.2, 0.25) is 0 Å². The third-order valence-corrected chi connectivity index (χ3v) is 3.32. The van der Waals surface area contributed by atoms with Crippen LogP contribution < -0.4 is 4.74 Å². The fourth-order valence-corrected chi connectivity index (χ4v) is 2.19. The predicted molar refractivity (Wildman–Crippen MR) is 76.3 cm³/mol. The number of para-hydroxylation sites is 1. The molecule has 1 fully saturated rings. The minimum Gasteiger partial charge on any atom is -0.486 e. The summed E-state index contributed by atoms with van der Waals surface area (Å²) in [6.07, 6.45) is 1.44. The monoisotopic (exact) mass is 259 g/mol. The molecular weight excluding hydrogens is 238 g/mol. The quantitative estimate of drug-likeness (QED) is 0.781. The molecule has 1 saturated heterocycles. The van der Waals surface area contributed by atoms with Crippen LogP contribution in [-0.4, -0.2) is 30.0 Å². The van der Waals surface area contributed by atoms with E-state index >= 15 is 0 Å². The molecule has 3 nitrogen and oxygen atoms in total. The Morgan fingerprint density at radius 3 is 2.58 bits per heavy atom. The standard InChI is InChI=1S/C16H21NO2/c1-5-15(18)17-10-12(11-17)19-14-9-7-6-8-13(14)16(2,3)4/h5-9,12H,1,10-11H2,2-4H3. The van der Waals surface area contributed by atoms with Crippen molar-refractivity contribution in [1.82, 2.24) is 4.90 Å². The third-order valence-electron chi connectivity index (χ3n) is 3.32. The zero-order chi connectivity index (χ0) is 14.0. The van der Waals surface area contributed by atoms with E-state index in [-0.39, 0.29) is 17.4 Å². The van der Waals surface area contributed by atoms with E-state index in [0.717, 1.165) is 5.75 Å². The molecule has 1 aromatic carbocycles. The molecule has 1 aliphatic rings. The maximum Gasteiger partial charge on any atom is 0.246 e. The van der Waals surface area contributed by atoms with E-state index in [4.69, 9.17) is 4.74 Å². The molecule has 1 aliphatic heterocycles. The second kappa shape index (κ2) is 5.08. The lowest BCUT2D eigenvalue weighted by atomic mass is 9.86. The number of amides is 1. The van der Waals surface area contributed by atoms with Gasteiger partial charge in [0.25, 0.3) is 0 Å². The lowest BCUT2D eigenvalue weighted by molar-refractivity contribution is -0.134. The molecule has 0 bridgehead atoms. The molecule has 2 rings (SSSR count). The number of carbonyl (C=O) groups is 1. The van der Waals surface area contributed by atoms with Crippen LogP contribution in [0, 0.1) is 0 Å². The van der Waals surface area contributed by atoms with Crippen molar-refractivity contribution in [3.63, 3.8) is 0 Å². The van der Waals surface area contributed by atoms with Gasteiger partial charge in [0.15, 0.2) is 0 Å². The SMILES string of the molecule is C=CC(=O)N1CC(Oc2ccccc2C(C)(C)C)C1. The number of hydrogen-bond acceptors (Lipinski definition) is 2. The third kappa shape index (κ3) is 2.98. The molecule has 1 heterocycles. The fraction of sp³-hybridized carbons (Fsp3) is 0.438. The molecule has 0 spiro atoms. The van der Waals surface area contributed by atoms with Gasteiger partial charge in [-0.15, -0.1) is 0 Å². The van der Waals surface area contributed by atoms with Crippen molar-refractivity contribution in [2.24, 2.45) is 0 Å². The molecule has 0 atom stereocenters. The first-order valence-corrected chi connectivity index (χ1v) is 6.59. The van der Waals surface area contributed by atoms with Gasteiger partial charge >= 0.3 is 0 Å². The van der Waals surface area contributed by atoms with E-state index in [2.05, 4.69) is 33.4 Å². The van der Waals surface area contributed by atoms with Gasteiger partial charge in [0.05, 0.1) is 13.1 Å². The lowest BCUT2D eigenvalue weighted by Gasteiger charge is -2.39. The van der Waals surface area contributed by atoms with Crippen LogP contribution in [0.4, 0.5) is 0 Å². The number of ether oxygens (including phenoxy) is 1. The Kier molecular flexibility index (Phi) is 3.65. The maximum atomic E-state index is 11.4. The summed E-state index contributed by atoms with van der Waals surface area (Å²) >= 11 is 0. The van der Waals surface area contributed by atoms with E-state index in [1.54, 1.807) is 4.90 Å². The van der Waals surface area contributed by atoms with Gasteiger partial charge in [0, 0.05) is 0 Å². The van der Waals surface area contributed by atoms with Gasteiger partial charge < -0.3 is 9.64 Å². The zero-order valence-electron chi connectivity index (χ0n) is 11.8. The maximum absolute atomic E-state index is 11.4. The summed E-state index contributed by atoms with van der Waals surface area (Å²) in [4.78, 5) is 13.1. The lowest BCUT2D eigenvalue weighted by Crippen LogP contribution is -2.55. The Morgan fingerprint density at radius 2 is 2.00 bits per heavy atom. The van der Waals surface area contributed by atoms with E-state index in [0.29, 0.717) is 13.1 Å². The van der Waals surface area contributed by atoms with E-state index in [1.807, 2.05) is 18.2 Å². The molecule has 0 aromatic heterocycles. The van der Waals surface area contributed by atoms with Gasteiger partial charge in [-0.2, -0.15) is 0 Å². The molecule has 1 amide bonds. The molecule has 0 unspecified atom stereocenters. The largest absolute Gasteiger partial charge is 0.486 e. The fourth-order valence-electron chi connectivity index (χ4n) is 2.19. The molecule has 0 N–H and O–H groups in total. The summed E-state index contributed by atoms with van der Waals surface area (Å²) in [7, 11) is 0. The highest BCUT2D eigenvalue weighted by Crippen LogP contribution is 2.32. The van der Waals surface area contributed by atoms with Gasteiger partial charge in [0.2, 0.25) is 5.91 Å². The van der Waals surface area contributed by atoms with E-state index < -0.39 is 0 Å². The van der Waals surface area contributed by atoms with Gasteiger partial charge in [0.1, 0.15) is 11.9 Å². The molecule has 3 heteroatoms. The Hall–Kier alpha value is -1.77. The Labute approximate surface area is 114 Å². The van der Waals surface area contributed by atoms with Crippen molar-refractivity contribution in [2.45, 2.75) is 32.3 Å². The molecular formula is C16H21NO2. The van der Waals surface area contributed by atoms with Crippen LogP contribution in [-0.2, 0) is 10.2 Å². The van der Waals surface area contributed by atoms with Gasteiger partial charge in [-0.05, 0) is 23.1 Å². The normalized spacial score (nSPS) is 15.8. The molecule has 19 heavy (non-hydrogen) atoms. The highest BCUT2D eigenvalue weighted by Gasteiger charge is 2.32. The minimum absolute atomic E-state index is 0.0241. The first-order valence-electron chi connectivity index (χ1n) is 6.59. The van der Waals surface area contributed by atoms with Crippen molar-refractivity contribution in [2.75, 3.05) is 13.1 Å². The summed E-state index contributed by atoms with van der Waals surface area (Å²) in [5.74, 6) is 0.898. The van der Waals surface area contributed by atoms with Crippen LogP contribution in [0.3, 0.4) is 0 Å². The second-order valence-corrected chi connectivity index (χ2v) is 5.93. The number of carbonyl (C=O) groups excluding carboxylic acids is 1. The van der Waals surface area contributed by atoms with Crippen molar-refractivity contribution in [3.05, 3.63) is 42.5 Å². The number of rotatable bonds is 3. The van der Waals surface area contributed by atoms with Gasteiger partial charge in [-0.3, -0.25) is 4.79 Å². The van der Waals surface area contributed by atoms with Crippen molar-refractivity contribution in [3.8, 4) is 5.75 Å². The van der Waals surface area contributed by atoms with Crippen LogP contribution in [0.5, 0.6) is 5.75 Å². The summed E-state index contributed by atoms with van der Waals surface area (Å²) in [6, 6.07) is 8.11. The second-order valence-electron chi connectivity index (χ2n) is 5.93. The van der Waals surface area contributed by atoms with Crippen molar-refractivity contribution >= 4 is 5.91 Å².